The molecule has 47 heavy (non-hydrogen) atoms. The fraction of sp³-hybridized carbons (Fsp3) is 0.0952. The molecule has 0 atom stereocenters. The van der Waals surface area contributed by atoms with Crippen LogP contribution in [-0.2, 0) is 5.41 Å². The standard InChI is InChI=1S/C42H30N4O/c1-26-10-9-21-44-39(26)40-33-13-4-6-15-35(33)45-41(46-40)30-12-8-11-29(22-30)27-17-19-28(20-18-27)31-23-32(25-43)38-37(24-31)47-36-16-7-5-14-34(36)42(38,2)3/h4-24H,1-3H3. The number of ether oxygens (including phenoxy) is 1. The highest BCUT2D eigenvalue weighted by molar-refractivity contribution is 5.93. The predicted octanol–water partition coefficient (Wildman–Crippen LogP) is 10.3. The lowest BCUT2D eigenvalue weighted by Gasteiger charge is -2.35. The monoisotopic (exact) mass is 606 g/mol. The van der Waals surface area contributed by atoms with Crippen LogP contribution >= 0.6 is 0 Å². The molecule has 0 fully saturated rings. The van der Waals surface area contributed by atoms with E-state index in [9.17, 15) is 5.26 Å². The minimum Gasteiger partial charge on any atom is -0.457 e. The Morgan fingerprint density at radius 1 is 0.638 bits per heavy atom. The Labute approximate surface area is 273 Å². The Balaban J connectivity index is 1.15. The number of nitrogens with zero attached hydrogens (tertiary/aromatic N) is 4. The van der Waals surface area contributed by atoms with Crippen molar-refractivity contribution in [2.45, 2.75) is 26.2 Å². The van der Waals surface area contributed by atoms with Gasteiger partial charge in [0, 0.05) is 33.7 Å². The summed E-state index contributed by atoms with van der Waals surface area (Å²) in [5, 5.41) is 11.2. The molecule has 0 saturated heterocycles. The predicted molar refractivity (Wildman–Crippen MR) is 187 cm³/mol. The summed E-state index contributed by atoms with van der Waals surface area (Å²) in [7, 11) is 0. The van der Waals surface area contributed by atoms with Crippen molar-refractivity contribution in [3.8, 4) is 62.6 Å². The van der Waals surface area contributed by atoms with Crippen LogP contribution in [0.1, 0.15) is 36.1 Å². The van der Waals surface area contributed by atoms with Gasteiger partial charge in [0.1, 0.15) is 17.2 Å². The largest absolute Gasteiger partial charge is 0.457 e. The van der Waals surface area contributed by atoms with Gasteiger partial charge in [0.2, 0.25) is 0 Å². The van der Waals surface area contributed by atoms with Gasteiger partial charge in [-0.3, -0.25) is 4.98 Å². The number of nitriles is 1. The number of para-hydroxylation sites is 2. The highest BCUT2D eigenvalue weighted by Crippen LogP contribution is 2.50. The van der Waals surface area contributed by atoms with Crippen LogP contribution in [0.2, 0.25) is 0 Å². The van der Waals surface area contributed by atoms with Crippen molar-refractivity contribution in [2.24, 2.45) is 0 Å². The number of hydrogen-bond donors (Lipinski definition) is 0. The van der Waals surface area contributed by atoms with Crippen molar-refractivity contribution >= 4 is 10.9 Å². The molecule has 1 aliphatic heterocycles. The van der Waals surface area contributed by atoms with Gasteiger partial charge in [0.25, 0.3) is 0 Å². The van der Waals surface area contributed by atoms with E-state index in [1.807, 2.05) is 60.7 Å². The van der Waals surface area contributed by atoms with Crippen LogP contribution in [0.4, 0.5) is 0 Å². The SMILES string of the molecule is Cc1cccnc1-c1nc(-c2cccc(-c3ccc(-c4cc(C#N)c5c(c4)Oc4ccccc4C5(C)C)cc3)c2)nc2ccccc12. The first-order valence-corrected chi connectivity index (χ1v) is 15.7. The third-order valence-electron chi connectivity index (χ3n) is 9.14. The smallest absolute Gasteiger partial charge is 0.160 e. The number of aromatic nitrogens is 3. The highest BCUT2D eigenvalue weighted by Gasteiger charge is 2.36. The maximum absolute atomic E-state index is 10.2. The fourth-order valence-corrected chi connectivity index (χ4v) is 6.73. The zero-order chi connectivity index (χ0) is 32.1. The van der Waals surface area contributed by atoms with Crippen molar-refractivity contribution < 1.29 is 4.74 Å². The van der Waals surface area contributed by atoms with Crippen LogP contribution in [0.25, 0.3) is 55.9 Å². The van der Waals surface area contributed by atoms with Gasteiger partial charge in [-0.05, 0) is 71.1 Å². The van der Waals surface area contributed by atoms with Gasteiger partial charge in [-0.15, -0.1) is 0 Å². The topological polar surface area (TPSA) is 71.7 Å². The molecular formula is C42H30N4O. The molecule has 5 heteroatoms. The van der Waals surface area contributed by atoms with Gasteiger partial charge in [-0.25, -0.2) is 9.97 Å². The zero-order valence-corrected chi connectivity index (χ0v) is 26.3. The van der Waals surface area contributed by atoms with Gasteiger partial charge in [-0.2, -0.15) is 5.26 Å². The molecule has 0 bridgehead atoms. The molecule has 0 saturated carbocycles. The van der Waals surface area contributed by atoms with E-state index >= 15 is 0 Å². The van der Waals surface area contributed by atoms with E-state index in [1.54, 1.807) is 6.20 Å². The average Bonchev–Trinajstić information content (AvgIpc) is 3.11. The van der Waals surface area contributed by atoms with E-state index < -0.39 is 0 Å². The Hall–Kier alpha value is -6.12. The minimum atomic E-state index is -0.353. The number of aryl methyl sites for hydroxylation is 1. The normalized spacial score (nSPS) is 12.9. The molecule has 1 aliphatic rings. The maximum atomic E-state index is 10.2. The summed E-state index contributed by atoms with van der Waals surface area (Å²) in [6.45, 7) is 6.36. The summed E-state index contributed by atoms with van der Waals surface area (Å²) in [6.07, 6.45) is 1.81. The van der Waals surface area contributed by atoms with Gasteiger partial charge in [0.05, 0.1) is 22.8 Å². The Morgan fingerprint density at radius 2 is 1.38 bits per heavy atom. The van der Waals surface area contributed by atoms with E-state index in [-0.39, 0.29) is 5.41 Å². The van der Waals surface area contributed by atoms with Crippen molar-refractivity contribution in [3.05, 3.63) is 150 Å². The summed E-state index contributed by atoms with van der Waals surface area (Å²) in [6, 6.07) is 43.4. The zero-order valence-electron chi connectivity index (χ0n) is 26.3. The molecule has 0 unspecified atom stereocenters. The molecular weight excluding hydrogens is 576 g/mol. The summed E-state index contributed by atoms with van der Waals surface area (Å²) >= 11 is 0. The number of pyridine rings is 1. The second kappa shape index (κ2) is 11.0. The number of benzene rings is 5. The van der Waals surface area contributed by atoms with Crippen LogP contribution in [-0.4, -0.2) is 15.0 Å². The van der Waals surface area contributed by atoms with Gasteiger partial charge in [-0.1, -0.05) is 98.8 Å². The molecule has 224 valence electrons. The lowest BCUT2D eigenvalue weighted by Crippen LogP contribution is -2.25. The van der Waals surface area contributed by atoms with E-state index in [0.717, 1.165) is 78.3 Å². The van der Waals surface area contributed by atoms with Gasteiger partial charge in [0.15, 0.2) is 5.82 Å². The molecule has 5 nitrogen and oxygen atoms in total. The van der Waals surface area contributed by atoms with E-state index in [1.165, 1.54) is 0 Å². The average molecular weight is 607 g/mol. The highest BCUT2D eigenvalue weighted by atomic mass is 16.5. The van der Waals surface area contributed by atoms with Crippen molar-refractivity contribution in [1.82, 2.24) is 15.0 Å². The van der Waals surface area contributed by atoms with Crippen molar-refractivity contribution in [3.63, 3.8) is 0 Å². The third kappa shape index (κ3) is 4.83. The fourth-order valence-electron chi connectivity index (χ4n) is 6.73. The molecule has 8 rings (SSSR count). The lowest BCUT2D eigenvalue weighted by molar-refractivity contribution is 0.417. The molecule has 5 aromatic carbocycles. The summed E-state index contributed by atoms with van der Waals surface area (Å²) in [5.41, 5.74) is 10.9. The van der Waals surface area contributed by atoms with Crippen LogP contribution in [0.15, 0.2) is 128 Å². The summed E-state index contributed by atoms with van der Waals surface area (Å²) < 4.78 is 6.37. The number of fused-ring (bicyclic) bond motifs is 3. The second-order valence-corrected chi connectivity index (χ2v) is 12.5. The van der Waals surface area contributed by atoms with E-state index in [0.29, 0.717) is 11.4 Å². The molecule has 0 radical (unpaired) electrons. The van der Waals surface area contributed by atoms with Crippen LogP contribution in [0.5, 0.6) is 11.5 Å². The first-order valence-electron chi connectivity index (χ1n) is 15.7. The maximum Gasteiger partial charge on any atom is 0.160 e. The molecule has 7 aromatic rings. The molecule has 0 aliphatic carbocycles. The second-order valence-electron chi connectivity index (χ2n) is 12.5. The van der Waals surface area contributed by atoms with Crippen molar-refractivity contribution in [2.75, 3.05) is 0 Å². The summed E-state index contributed by atoms with van der Waals surface area (Å²) in [4.78, 5) is 14.7. The van der Waals surface area contributed by atoms with Crippen LogP contribution < -0.4 is 4.74 Å². The molecule has 0 spiro atoms. The van der Waals surface area contributed by atoms with Gasteiger partial charge >= 0.3 is 0 Å². The minimum absolute atomic E-state index is 0.353. The van der Waals surface area contributed by atoms with Crippen LogP contribution in [0, 0.1) is 18.3 Å². The lowest BCUT2D eigenvalue weighted by atomic mass is 9.73. The number of hydrogen-bond acceptors (Lipinski definition) is 5. The quantitative estimate of drug-likeness (QED) is 0.199. The molecule has 0 N–H and O–H groups in total. The van der Waals surface area contributed by atoms with E-state index in [2.05, 4.69) is 92.5 Å². The molecule has 0 amide bonds. The van der Waals surface area contributed by atoms with Gasteiger partial charge < -0.3 is 4.74 Å². The first kappa shape index (κ1) is 28.4. The Bertz CT molecular complexity index is 2390. The summed E-state index contributed by atoms with van der Waals surface area (Å²) in [5.74, 6) is 2.22. The van der Waals surface area contributed by atoms with E-state index in [4.69, 9.17) is 14.7 Å². The number of rotatable bonds is 4. The molecule has 2 aromatic heterocycles. The van der Waals surface area contributed by atoms with Crippen LogP contribution in [0.3, 0.4) is 0 Å². The third-order valence-corrected chi connectivity index (χ3v) is 9.14. The Kier molecular flexibility index (Phi) is 6.66. The Morgan fingerprint density at radius 3 is 2.19 bits per heavy atom. The first-order chi connectivity index (χ1) is 22.9. The van der Waals surface area contributed by atoms with Crippen molar-refractivity contribution in [1.29, 1.82) is 5.26 Å². The molecule has 3 heterocycles.